The standard InChI is InChI=1S/C14H18FN3O/c1-11-10-12-4-2-3-5-13(12)18(11)9-8-17-14(19)16-7-6-15/h2-5,10H,6-9H2,1H3,(H2,16,17,19). The predicted molar refractivity (Wildman–Crippen MR) is 74.1 cm³/mol. The number of amides is 2. The summed E-state index contributed by atoms with van der Waals surface area (Å²) < 4.78 is 14.0. The molecule has 2 amide bonds. The van der Waals surface area contributed by atoms with Crippen LogP contribution in [0.5, 0.6) is 0 Å². The van der Waals surface area contributed by atoms with Crippen LogP contribution in [0.3, 0.4) is 0 Å². The third-order valence-corrected chi connectivity index (χ3v) is 3.02. The highest BCUT2D eigenvalue weighted by atomic mass is 19.1. The van der Waals surface area contributed by atoms with Crippen molar-refractivity contribution in [2.45, 2.75) is 13.5 Å². The molecule has 0 aliphatic heterocycles. The van der Waals surface area contributed by atoms with Gasteiger partial charge in [0.1, 0.15) is 6.67 Å². The molecule has 2 N–H and O–H groups in total. The average Bonchev–Trinajstić information content (AvgIpc) is 2.73. The van der Waals surface area contributed by atoms with Crippen LogP contribution in [0.25, 0.3) is 10.9 Å². The third-order valence-electron chi connectivity index (χ3n) is 3.02. The Kier molecular flexibility index (Phi) is 4.39. The number of benzene rings is 1. The fourth-order valence-corrected chi connectivity index (χ4v) is 2.15. The van der Waals surface area contributed by atoms with Gasteiger partial charge < -0.3 is 15.2 Å². The quantitative estimate of drug-likeness (QED) is 0.853. The molecule has 0 unspecified atom stereocenters. The summed E-state index contributed by atoms with van der Waals surface area (Å²) in [5.74, 6) is 0. The van der Waals surface area contributed by atoms with Crippen LogP contribution in [0.1, 0.15) is 5.69 Å². The average molecular weight is 263 g/mol. The first-order valence-electron chi connectivity index (χ1n) is 6.35. The molecule has 0 bridgehead atoms. The van der Waals surface area contributed by atoms with Crippen molar-refractivity contribution in [3.05, 3.63) is 36.0 Å². The van der Waals surface area contributed by atoms with Gasteiger partial charge >= 0.3 is 6.03 Å². The zero-order valence-electron chi connectivity index (χ0n) is 10.9. The van der Waals surface area contributed by atoms with E-state index in [1.807, 2.05) is 19.1 Å². The van der Waals surface area contributed by atoms with Crippen molar-refractivity contribution in [1.82, 2.24) is 15.2 Å². The summed E-state index contributed by atoms with van der Waals surface area (Å²) in [6.45, 7) is 2.76. The van der Waals surface area contributed by atoms with E-state index in [4.69, 9.17) is 0 Å². The number of nitrogens with one attached hydrogen (secondary N) is 2. The number of rotatable bonds is 5. The SMILES string of the molecule is Cc1cc2ccccc2n1CCNC(=O)NCCF. The van der Waals surface area contributed by atoms with Crippen LogP contribution in [0.15, 0.2) is 30.3 Å². The van der Waals surface area contributed by atoms with Gasteiger partial charge in [-0.15, -0.1) is 0 Å². The molecule has 19 heavy (non-hydrogen) atoms. The number of nitrogens with zero attached hydrogens (tertiary/aromatic N) is 1. The lowest BCUT2D eigenvalue weighted by molar-refractivity contribution is 0.239. The minimum Gasteiger partial charge on any atom is -0.343 e. The van der Waals surface area contributed by atoms with Gasteiger partial charge in [-0.3, -0.25) is 0 Å². The predicted octanol–water partition coefficient (Wildman–Crippen LogP) is 2.22. The van der Waals surface area contributed by atoms with Gasteiger partial charge in [-0.05, 0) is 24.4 Å². The van der Waals surface area contributed by atoms with Crippen LogP contribution in [-0.4, -0.2) is 30.4 Å². The molecule has 0 saturated carbocycles. The van der Waals surface area contributed by atoms with E-state index in [2.05, 4.69) is 33.4 Å². The van der Waals surface area contributed by atoms with Crippen LogP contribution in [0.2, 0.25) is 0 Å². The molecule has 1 aromatic heterocycles. The van der Waals surface area contributed by atoms with Crippen LogP contribution in [0, 0.1) is 6.92 Å². The summed E-state index contributed by atoms with van der Waals surface area (Å²) >= 11 is 0. The first kappa shape index (κ1) is 13.4. The lowest BCUT2D eigenvalue weighted by Crippen LogP contribution is -2.38. The highest BCUT2D eigenvalue weighted by Gasteiger charge is 2.05. The molecule has 0 spiro atoms. The van der Waals surface area contributed by atoms with Gasteiger partial charge in [-0.2, -0.15) is 0 Å². The zero-order valence-corrected chi connectivity index (χ0v) is 10.9. The summed E-state index contributed by atoms with van der Waals surface area (Å²) in [5, 5.41) is 6.34. The van der Waals surface area contributed by atoms with Gasteiger partial charge in [0.25, 0.3) is 0 Å². The van der Waals surface area contributed by atoms with E-state index in [1.165, 1.54) is 5.39 Å². The van der Waals surface area contributed by atoms with Crippen LogP contribution in [-0.2, 0) is 6.54 Å². The lowest BCUT2D eigenvalue weighted by atomic mass is 10.2. The molecule has 102 valence electrons. The van der Waals surface area contributed by atoms with E-state index < -0.39 is 6.67 Å². The first-order valence-corrected chi connectivity index (χ1v) is 6.35. The number of para-hydroxylation sites is 1. The Hall–Kier alpha value is -2.04. The van der Waals surface area contributed by atoms with Crippen molar-refractivity contribution >= 4 is 16.9 Å². The van der Waals surface area contributed by atoms with E-state index in [1.54, 1.807) is 0 Å². The molecule has 1 heterocycles. The van der Waals surface area contributed by atoms with Gasteiger partial charge in [0.05, 0.1) is 0 Å². The van der Waals surface area contributed by atoms with Crippen molar-refractivity contribution in [2.75, 3.05) is 19.8 Å². The second kappa shape index (κ2) is 6.22. The van der Waals surface area contributed by atoms with Crippen molar-refractivity contribution in [3.8, 4) is 0 Å². The second-order valence-electron chi connectivity index (χ2n) is 4.37. The second-order valence-corrected chi connectivity index (χ2v) is 4.37. The molecular formula is C14H18FN3O. The third kappa shape index (κ3) is 3.24. The number of fused-ring (bicyclic) bond motifs is 1. The topological polar surface area (TPSA) is 46.1 Å². The van der Waals surface area contributed by atoms with Gasteiger partial charge in [-0.1, -0.05) is 18.2 Å². The minimum absolute atomic E-state index is 0.0529. The van der Waals surface area contributed by atoms with Gasteiger partial charge in [-0.25, -0.2) is 9.18 Å². The number of aromatic nitrogens is 1. The van der Waals surface area contributed by atoms with Crippen molar-refractivity contribution in [2.24, 2.45) is 0 Å². The molecule has 0 saturated heterocycles. The van der Waals surface area contributed by atoms with Crippen LogP contribution >= 0.6 is 0 Å². The van der Waals surface area contributed by atoms with E-state index in [9.17, 15) is 9.18 Å². The van der Waals surface area contributed by atoms with Crippen LogP contribution in [0.4, 0.5) is 9.18 Å². The van der Waals surface area contributed by atoms with Gasteiger partial charge in [0.2, 0.25) is 0 Å². The Balaban J connectivity index is 1.94. The smallest absolute Gasteiger partial charge is 0.314 e. The Morgan fingerprint density at radius 3 is 2.79 bits per heavy atom. The van der Waals surface area contributed by atoms with Gasteiger partial charge in [0, 0.05) is 30.8 Å². The van der Waals surface area contributed by atoms with E-state index in [0.29, 0.717) is 13.1 Å². The molecule has 0 radical (unpaired) electrons. The fraction of sp³-hybridized carbons (Fsp3) is 0.357. The number of alkyl halides is 1. The van der Waals surface area contributed by atoms with Crippen LogP contribution < -0.4 is 10.6 Å². The Bertz CT molecular complexity index is 565. The first-order chi connectivity index (χ1) is 9.22. The highest BCUT2D eigenvalue weighted by molar-refractivity contribution is 5.81. The molecule has 0 fully saturated rings. The molecule has 2 aromatic rings. The van der Waals surface area contributed by atoms with Crippen molar-refractivity contribution < 1.29 is 9.18 Å². The normalized spacial score (nSPS) is 10.6. The number of hydrogen-bond donors (Lipinski definition) is 2. The zero-order chi connectivity index (χ0) is 13.7. The Morgan fingerprint density at radius 2 is 2.00 bits per heavy atom. The maximum Gasteiger partial charge on any atom is 0.314 e. The summed E-state index contributed by atoms with van der Waals surface area (Å²) in [5.41, 5.74) is 2.32. The van der Waals surface area contributed by atoms with Crippen molar-refractivity contribution in [3.63, 3.8) is 0 Å². The molecule has 1 aromatic carbocycles. The number of carbonyl (C=O) groups is 1. The Labute approximate surface area is 111 Å². The van der Waals surface area contributed by atoms with Crippen molar-refractivity contribution in [1.29, 1.82) is 0 Å². The van der Waals surface area contributed by atoms with E-state index >= 15 is 0 Å². The number of carbonyl (C=O) groups excluding carboxylic acids is 1. The summed E-state index contributed by atoms with van der Waals surface area (Å²) in [6, 6.07) is 9.94. The molecular weight excluding hydrogens is 245 g/mol. The molecule has 2 rings (SSSR count). The summed E-state index contributed by atoms with van der Waals surface area (Å²) in [4.78, 5) is 11.3. The molecule has 0 aliphatic rings. The van der Waals surface area contributed by atoms with E-state index in [0.717, 1.165) is 11.2 Å². The fourth-order valence-electron chi connectivity index (χ4n) is 2.15. The largest absolute Gasteiger partial charge is 0.343 e. The summed E-state index contributed by atoms with van der Waals surface area (Å²) in [7, 11) is 0. The maximum atomic E-state index is 11.9. The highest BCUT2D eigenvalue weighted by Crippen LogP contribution is 2.18. The monoisotopic (exact) mass is 263 g/mol. The molecule has 5 heteroatoms. The lowest BCUT2D eigenvalue weighted by Gasteiger charge is -2.10. The Morgan fingerprint density at radius 1 is 1.26 bits per heavy atom. The number of urea groups is 1. The number of hydrogen-bond acceptors (Lipinski definition) is 1. The minimum atomic E-state index is -0.547. The maximum absolute atomic E-state index is 11.9. The molecule has 4 nitrogen and oxygen atoms in total. The molecule has 0 atom stereocenters. The van der Waals surface area contributed by atoms with E-state index in [-0.39, 0.29) is 12.6 Å². The van der Waals surface area contributed by atoms with Gasteiger partial charge in [0.15, 0.2) is 0 Å². The number of halogens is 1. The number of aryl methyl sites for hydroxylation is 1. The summed E-state index contributed by atoms with van der Waals surface area (Å²) in [6.07, 6.45) is 0. The molecule has 0 aliphatic carbocycles.